The second kappa shape index (κ2) is 17.5. The minimum Gasteiger partial charge on any atom is -0.445 e. The highest BCUT2D eigenvalue weighted by atomic mass is 35.5. The van der Waals surface area contributed by atoms with E-state index in [1.54, 1.807) is 28.5 Å². The van der Waals surface area contributed by atoms with Gasteiger partial charge in [0.1, 0.15) is 24.5 Å². The van der Waals surface area contributed by atoms with Crippen LogP contribution in [0.2, 0.25) is 5.02 Å². The van der Waals surface area contributed by atoms with Gasteiger partial charge in [-0.1, -0.05) is 86.2 Å². The number of nitrogens with two attached hydrogens (primary N) is 1. The largest absolute Gasteiger partial charge is 0.445 e. The molecule has 3 aromatic rings. The second-order valence-electron chi connectivity index (χ2n) is 12.6. The number of nitrogens with zero attached hydrogens (tertiary/aromatic N) is 1. The molecule has 48 heavy (non-hydrogen) atoms. The van der Waals surface area contributed by atoms with Gasteiger partial charge >= 0.3 is 6.09 Å². The van der Waals surface area contributed by atoms with Gasteiger partial charge in [-0.3, -0.25) is 15.0 Å². The molecule has 0 unspecified atom stereocenters. The monoisotopic (exact) mass is 693 g/mol. The third kappa shape index (κ3) is 10.3. The van der Waals surface area contributed by atoms with Crippen LogP contribution in [0.1, 0.15) is 72.9 Å². The molecule has 0 bridgehead atoms. The van der Waals surface area contributed by atoms with Crippen LogP contribution in [0, 0.1) is 11.3 Å². The Kier molecular flexibility index (Phi) is 12.9. The summed E-state index contributed by atoms with van der Waals surface area (Å²) in [5, 5.41) is 15.9. The summed E-state index contributed by atoms with van der Waals surface area (Å²) in [7, 11) is 0. The van der Waals surface area contributed by atoms with Gasteiger partial charge in [0.2, 0.25) is 11.8 Å². The Morgan fingerprint density at radius 1 is 1.02 bits per heavy atom. The number of amidine groups is 1. The van der Waals surface area contributed by atoms with Crippen molar-refractivity contribution in [3.63, 3.8) is 0 Å². The van der Waals surface area contributed by atoms with Crippen LogP contribution < -0.4 is 16.4 Å². The van der Waals surface area contributed by atoms with Crippen molar-refractivity contribution in [1.29, 1.82) is 5.41 Å². The lowest BCUT2D eigenvalue weighted by Crippen LogP contribution is -2.53. The van der Waals surface area contributed by atoms with Gasteiger partial charge < -0.3 is 30.7 Å². The van der Waals surface area contributed by atoms with Crippen LogP contribution in [0.4, 0.5) is 4.79 Å². The zero-order chi connectivity index (χ0) is 33.9. The van der Waals surface area contributed by atoms with E-state index in [-0.39, 0.29) is 37.3 Å². The first-order valence-electron chi connectivity index (χ1n) is 16.6. The van der Waals surface area contributed by atoms with Crippen molar-refractivity contribution in [3.8, 4) is 0 Å². The first-order chi connectivity index (χ1) is 23.2. The lowest BCUT2D eigenvalue weighted by atomic mass is 9.85. The van der Waals surface area contributed by atoms with E-state index in [1.807, 2.05) is 42.5 Å². The van der Waals surface area contributed by atoms with Gasteiger partial charge in [-0.05, 0) is 48.1 Å². The van der Waals surface area contributed by atoms with E-state index < -0.39 is 24.3 Å². The first kappa shape index (κ1) is 35.4. The number of benzene rings is 2. The molecule has 2 aromatic carbocycles. The van der Waals surface area contributed by atoms with Crippen LogP contribution in [0.15, 0.2) is 66.0 Å². The zero-order valence-corrected chi connectivity index (χ0v) is 28.6. The number of nitrogens with one attached hydrogen (secondary N) is 3. The first-order valence-corrected chi connectivity index (χ1v) is 17.8. The highest BCUT2D eigenvalue weighted by Crippen LogP contribution is 2.29. The Labute approximate surface area is 290 Å². The van der Waals surface area contributed by atoms with Gasteiger partial charge in [-0.2, -0.15) is 0 Å². The van der Waals surface area contributed by atoms with Gasteiger partial charge in [-0.25, -0.2) is 4.79 Å². The molecule has 2 heterocycles. The molecule has 10 nitrogen and oxygen atoms in total. The summed E-state index contributed by atoms with van der Waals surface area (Å²) in [5.74, 6) is -0.173. The number of thiophene rings is 1. The standard InChI is InChI=1S/C36H44ClN5O5S/c37-28-14-11-26(12-15-28)21-46-29-18-32(34(43)40-19-30-17-27(23-48-30)33(38)39)42(20-29)35(44)31(16-13-24-7-3-1-4-8-24)41-36(45)47-22-25-9-5-2-6-10-25/h2,5-6,9-12,14-15,17,23-24,29,31-32H,1,3-4,7-8,13,16,18-22H2,(H3,38,39)(H,40,43)(H,41,45)/t29-,31-,32-/m1/s1. The zero-order valence-electron chi connectivity index (χ0n) is 27.0. The third-order valence-electron chi connectivity index (χ3n) is 9.04. The second-order valence-corrected chi connectivity index (χ2v) is 14.0. The number of rotatable bonds is 14. The fourth-order valence-corrected chi connectivity index (χ4v) is 7.30. The summed E-state index contributed by atoms with van der Waals surface area (Å²) >= 11 is 7.44. The number of likely N-dealkylation sites (tertiary alicyclic amines) is 1. The highest BCUT2D eigenvalue weighted by molar-refractivity contribution is 7.10. The summed E-state index contributed by atoms with van der Waals surface area (Å²) < 4.78 is 11.7. The van der Waals surface area contributed by atoms with Crippen LogP contribution in [0.25, 0.3) is 0 Å². The summed E-state index contributed by atoms with van der Waals surface area (Å²) in [4.78, 5) is 43.4. The minimum atomic E-state index is -0.851. The Morgan fingerprint density at radius 3 is 2.46 bits per heavy atom. The average molecular weight is 694 g/mol. The molecule has 3 atom stereocenters. The van der Waals surface area contributed by atoms with Crippen LogP contribution >= 0.6 is 22.9 Å². The summed E-state index contributed by atoms with van der Waals surface area (Å²) in [6.45, 7) is 0.829. The van der Waals surface area contributed by atoms with Crippen LogP contribution in [0.5, 0.6) is 0 Å². The molecule has 1 saturated heterocycles. The third-order valence-corrected chi connectivity index (χ3v) is 10.2. The van der Waals surface area contributed by atoms with E-state index in [1.165, 1.54) is 30.6 Å². The van der Waals surface area contributed by atoms with Crippen molar-refractivity contribution in [2.24, 2.45) is 11.7 Å². The lowest BCUT2D eigenvalue weighted by Gasteiger charge is -2.30. The minimum absolute atomic E-state index is 0.0360. The molecule has 3 amide bonds. The molecule has 0 spiro atoms. The molecular weight excluding hydrogens is 650 g/mol. The molecule has 0 radical (unpaired) electrons. The van der Waals surface area contributed by atoms with Crippen LogP contribution in [0.3, 0.4) is 0 Å². The molecule has 1 aliphatic heterocycles. The molecule has 1 saturated carbocycles. The Bertz CT molecular complexity index is 1530. The number of amides is 3. The van der Waals surface area contributed by atoms with E-state index in [2.05, 4.69) is 10.6 Å². The molecule has 12 heteroatoms. The van der Waals surface area contributed by atoms with Crippen molar-refractivity contribution in [2.45, 2.75) is 89.3 Å². The molecule has 256 valence electrons. The maximum absolute atomic E-state index is 14.3. The molecule has 2 aliphatic rings. The maximum atomic E-state index is 14.3. The summed E-state index contributed by atoms with van der Waals surface area (Å²) in [6, 6.07) is 16.9. The quantitative estimate of drug-likeness (QED) is 0.118. The van der Waals surface area contributed by atoms with Gasteiger partial charge in [0, 0.05) is 33.8 Å². The number of hydrogen-bond donors (Lipinski definition) is 4. The van der Waals surface area contributed by atoms with E-state index in [4.69, 9.17) is 32.2 Å². The Morgan fingerprint density at radius 2 is 1.75 bits per heavy atom. The fourth-order valence-electron chi connectivity index (χ4n) is 6.35. The summed E-state index contributed by atoms with van der Waals surface area (Å²) in [6.07, 6.45) is 6.30. The fraction of sp³-hybridized carbons (Fsp3) is 0.444. The van der Waals surface area contributed by atoms with Crippen LogP contribution in [-0.4, -0.2) is 53.4 Å². The highest BCUT2D eigenvalue weighted by Gasteiger charge is 2.42. The number of hydrogen-bond acceptors (Lipinski definition) is 7. The van der Waals surface area contributed by atoms with Gasteiger partial charge in [0.25, 0.3) is 0 Å². The number of nitrogen functional groups attached to an aromatic ring is 1. The number of halogens is 1. The van der Waals surface area contributed by atoms with Crippen molar-refractivity contribution in [1.82, 2.24) is 15.5 Å². The van der Waals surface area contributed by atoms with E-state index >= 15 is 0 Å². The maximum Gasteiger partial charge on any atom is 0.408 e. The van der Waals surface area contributed by atoms with E-state index in [0.717, 1.165) is 35.3 Å². The smallest absolute Gasteiger partial charge is 0.408 e. The molecule has 5 N–H and O–H groups in total. The SMILES string of the molecule is N=C(N)c1csc(CNC(=O)[C@H]2C[C@@H](OCc3ccc(Cl)cc3)CN2C(=O)[C@@H](CCC2CCCCC2)NC(=O)OCc2ccccc2)c1. The topological polar surface area (TPSA) is 147 Å². The molecule has 5 rings (SSSR count). The number of ether oxygens (including phenoxy) is 2. The molecule has 1 aromatic heterocycles. The van der Waals surface area contributed by atoms with Gasteiger partial charge in [0.05, 0.1) is 19.3 Å². The van der Waals surface area contributed by atoms with Crippen LogP contribution in [-0.2, 0) is 38.8 Å². The number of carbonyl (C=O) groups excluding carboxylic acids is 3. The van der Waals surface area contributed by atoms with Crippen molar-refractivity contribution in [2.75, 3.05) is 6.54 Å². The Balaban J connectivity index is 1.29. The lowest BCUT2D eigenvalue weighted by molar-refractivity contribution is -0.140. The van der Waals surface area contributed by atoms with E-state index in [9.17, 15) is 14.4 Å². The predicted octanol–water partition coefficient (Wildman–Crippen LogP) is 6.14. The van der Waals surface area contributed by atoms with Gasteiger partial charge in [-0.15, -0.1) is 11.3 Å². The number of carbonyl (C=O) groups is 3. The van der Waals surface area contributed by atoms with E-state index in [0.29, 0.717) is 36.0 Å². The average Bonchev–Trinajstić information content (AvgIpc) is 3.77. The van der Waals surface area contributed by atoms with Crippen molar-refractivity contribution < 1.29 is 23.9 Å². The normalized spacial score (nSPS) is 18.6. The predicted molar refractivity (Wildman–Crippen MR) is 187 cm³/mol. The van der Waals surface area contributed by atoms with Crippen molar-refractivity contribution >= 4 is 46.7 Å². The molecule has 2 fully saturated rings. The number of alkyl carbamates (subject to hydrolysis) is 1. The van der Waals surface area contributed by atoms with Crippen molar-refractivity contribution in [3.05, 3.63) is 92.6 Å². The molecular formula is C36H44ClN5O5S. The van der Waals surface area contributed by atoms with Gasteiger partial charge in [0.15, 0.2) is 0 Å². The summed E-state index contributed by atoms with van der Waals surface area (Å²) in [5.41, 5.74) is 7.98. The Hall–Kier alpha value is -3.93. The molecule has 1 aliphatic carbocycles.